The summed E-state index contributed by atoms with van der Waals surface area (Å²) in [6.45, 7) is 4.53. The molecule has 2 aromatic carbocycles. The van der Waals surface area contributed by atoms with Gasteiger partial charge in [-0.3, -0.25) is 4.79 Å². The number of benzene rings is 2. The predicted octanol–water partition coefficient (Wildman–Crippen LogP) is 4.67. The molecule has 8 heteroatoms. The second kappa shape index (κ2) is 8.13. The fourth-order valence-corrected chi connectivity index (χ4v) is 3.30. The monoisotopic (exact) mass is 413 g/mol. The SMILES string of the molecule is CCCN1C(=O)COc2ccc(-c3noc([C@H](C)Oc4cccc(Cl)c4)n3)cc21. The molecule has 150 valence electrons. The first kappa shape index (κ1) is 19.3. The van der Waals surface area contributed by atoms with E-state index < -0.39 is 6.10 Å². The summed E-state index contributed by atoms with van der Waals surface area (Å²) in [6.07, 6.45) is 0.397. The fraction of sp³-hybridized carbons (Fsp3) is 0.286. The van der Waals surface area contributed by atoms with Gasteiger partial charge in [0, 0.05) is 17.1 Å². The summed E-state index contributed by atoms with van der Waals surface area (Å²) in [4.78, 5) is 18.4. The number of hydrogen-bond acceptors (Lipinski definition) is 6. The molecular formula is C21H20ClN3O4. The Bertz CT molecular complexity index is 1040. The second-order valence-electron chi connectivity index (χ2n) is 6.69. The van der Waals surface area contributed by atoms with E-state index in [1.165, 1.54) is 0 Å². The van der Waals surface area contributed by atoms with E-state index in [1.807, 2.05) is 44.2 Å². The quantitative estimate of drug-likeness (QED) is 0.584. The van der Waals surface area contributed by atoms with E-state index in [0.717, 1.165) is 17.7 Å². The van der Waals surface area contributed by atoms with Gasteiger partial charge in [-0.1, -0.05) is 29.7 Å². The molecule has 0 saturated carbocycles. The van der Waals surface area contributed by atoms with Gasteiger partial charge in [0.05, 0.1) is 5.69 Å². The van der Waals surface area contributed by atoms with Crippen LogP contribution in [-0.2, 0) is 4.79 Å². The molecule has 0 bridgehead atoms. The van der Waals surface area contributed by atoms with Crippen LogP contribution in [0.4, 0.5) is 5.69 Å². The van der Waals surface area contributed by atoms with Crippen LogP contribution in [0.1, 0.15) is 32.3 Å². The van der Waals surface area contributed by atoms with Crippen LogP contribution in [0.5, 0.6) is 11.5 Å². The molecule has 0 N–H and O–H groups in total. The molecule has 1 atom stereocenters. The van der Waals surface area contributed by atoms with Crippen molar-refractivity contribution in [1.82, 2.24) is 10.1 Å². The van der Waals surface area contributed by atoms with Crippen LogP contribution in [0.2, 0.25) is 5.02 Å². The van der Waals surface area contributed by atoms with Crippen molar-refractivity contribution in [2.45, 2.75) is 26.4 Å². The number of halogens is 1. The molecule has 4 rings (SSSR count). The van der Waals surface area contributed by atoms with Gasteiger partial charge in [0.15, 0.2) is 12.7 Å². The molecule has 1 amide bonds. The van der Waals surface area contributed by atoms with Crippen molar-refractivity contribution in [2.24, 2.45) is 0 Å². The molecule has 29 heavy (non-hydrogen) atoms. The molecule has 1 aromatic heterocycles. The number of nitrogens with zero attached hydrogens (tertiary/aromatic N) is 3. The summed E-state index contributed by atoms with van der Waals surface area (Å²) >= 11 is 5.99. The van der Waals surface area contributed by atoms with Crippen molar-refractivity contribution >= 4 is 23.2 Å². The lowest BCUT2D eigenvalue weighted by Gasteiger charge is -2.29. The number of amides is 1. The number of anilines is 1. The highest BCUT2D eigenvalue weighted by molar-refractivity contribution is 6.30. The Balaban J connectivity index is 1.57. The van der Waals surface area contributed by atoms with E-state index in [2.05, 4.69) is 10.1 Å². The molecule has 2 heterocycles. The third kappa shape index (κ3) is 4.05. The average Bonchev–Trinajstić information content (AvgIpc) is 3.20. The minimum Gasteiger partial charge on any atom is -0.482 e. The lowest BCUT2D eigenvalue weighted by molar-refractivity contribution is -0.121. The number of carbonyl (C=O) groups excluding carboxylic acids is 1. The molecule has 0 spiro atoms. The molecule has 7 nitrogen and oxygen atoms in total. The number of aromatic nitrogens is 2. The van der Waals surface area contributed by atoms with E-state index in [1.54, 1.807) is 17.0 Å². The molecule has 1 aliphatic heterocycles. The molecule has 0 aliphatic carbocycles. The van der Waals surface area contributed by atoms with Gasteiger partial charge in [0.25, 0.3) is 11.8 Å². The van der Waals surface area contributed by atoms with E-state index in [4.69, 9.17) is 25.6 Å². The van der Waals surface area contributed by atoms with Crippen LogP contribution >= 0.6 is 11.6 Å². The molecule has 3 aromatic rings. The van der Waals surface area contributed by atoms with Crippen molar-refractivity contribution in [1.29, 1.82) is 0 Å². The van der Waals surface area contributed by atoms with Crippen LogP contribution in [0, 0.1) is 0 Å². The summed E-state index contributed by atoms with van der Waals surface area (Å²) in [7, 11) is 0. The van der Waals surface area contributed by atoms with Gasteiger partial charge >= 0.3 is 0 Å². The van der Waals surface area contributed by atoms with Gasteiger partial charge in [-0.05, 0) is 49.7 Å². The van der Waals surface area contributed by atoms with Crippen LogP contribution in [0.3, 0.4) is 0 Å². The first-order valence-electron chi connectivity index (χ1n) is 9.38. The van der Waals surface area contributed by atoms with E-state index in [-0.39, 0.29) is 12.5 Å². The normalized spacial score (nSPS) is 14.3. The van der Waals surface area contributed by atoms with E-state index >= 15 is 0 Å². The van der Waals surface area contributed by atoms with Crippen molar-refractivity contribution in [3.8, 4) is 22.9 Å². The van der Waals surface area contributed by atoms with Gasteiger partial charge in [-0.25, -0.2) is 0 Å². The molecule has 0 saturated heterocycles. The van der Waals surface area contributed by atoms with E-state index in [9.17, 15) is 4.79 Å². The van der Waals surface area contributed by atoms with Crippen molar-refractivity contribution in [3.63, 3.8) is 0 Å². The van der Waals surface area contributed by atoms with Gasteiger partial charge in [0.2, 0.25) is 5.82 Å². The molecule has 1 aliphatic rings. The molecular weight excluding hydrogens is 394 g/mol. The highest BCUT2D eigenvalue weighted by Gasteiger charge is 2.26. The smallest absolute Gasteiger partial charge is 0.267 e. The minimum atomic E-state index is -0.450. The van der Waals surface area contributed by atoms with Crippen molar-refractivity contribution in [3.05, 3.63) is 53.4 Å². The lowest BCUT2D eigenvalue weighted by Crippen LogP contribution is -2.39. The van der Waals surface area contributed by atoms with Crippen LogP contribution in [-0.4, -0.2) is 29.2 Å². The Labute approximate surface area is 173 Å². The second-order valence-corrected chi connectivity index (χ2v) is 7.13. The van der Waals surface area contributed by atoms with Gasteiger partial charge in [0.1, 0.15) is 11.5 Å². The average molecular weight is 414 g/mol. The van der Waals surface area contributed by atoms with Crippen molar-refractivity contribution in [2.75, 3.05) is 18.1 Å². The van der Waals surface area contributed by atoms with E-state index in [0.29, 0.717) is 34.8 Å². The maximum absolute atomic E-state index is 12.2. The van der Waals surface area contributed by atoms with Crippen LogP contribution < -0.4 is 14.4 Å². The zero-order valence-electron chi connectivity index (χ0n) is 16.1. The summed E-state index contributed by atoms with van der Waals surface area (Å²) < 4.78 is 16.8. The summed E-state index contributed by atoms with van der Waals surface area (Å²) in [5, 5.41) is 4.66. The Kier molecular flexibility index (Phi) is 5.40. The predicted molar refractivity (Wildman–Crippen MR) is 108 cm³/mol. The largest absolute Gasteiger partial charge is 0.482 e. The molecule has 0 fully saturated rings. The molecule has 0 radical (unpaired) electrons. The summed E-state index contributed by atoms with van der Waals surface area (Å²) in [5.74, 6) is 1.98. The molecule has 0 unspecified atom stereocenters. The topological polar surface area (TPSA) is 77.7 Å². The zero-order chi connectivity index (χ0) is 20.4. The first-order chi connectivity index (χ1) is 14.0. The van der Waals surface area contributed by atoms with Gasteiger partial charge in [-0.15, -0.1) is 0 Å². The third-order valence-electron chi connectivity index (χ3n) is 4.51. The third-order valence-corrected chi connectivity index (χ3v) is 4.74. The number of ether oxygens (including phenoxy) is 2. The number of fused-ring (bicyclic) bond motifs is 1. The highest BCUT2D eigenvalue weighted by atomic mass is 35.5. The fourth-order valence-electron chi connectivity index (χ4n) is 3.12. The van der Waals surface area contributed by atoms with Gasteiger partial charge < -0.3 is 18.9 Å². The number of rotatable bonds is 6. The van der Waals surface area contributed by atoms with Crippen LogP contribution in [0.15, 0.2) is 47.0 Å². The maximum Gasteiger partial charge on any atom is 0.267 e. The zero-order valence-corrected chi connectivity index (χ0v) is 16.8. The maximum atomic E-state index is 12.2. The van der Waals surface area contributed by atoms with Crippen LogP contribution in [0.25, 0.3) is 11.4 Å². The Morgan fingerprint density at radius 2 is 2.14 bits per heavy atom. The first-order valence-corrected chi connectivity index (χ1v) is 9.76. The Morgan fingerprint density at radius 3 is 2.93 bits per heavy atom. The number of hydrogen-bond donors (Lipinski definition) is 0. The lowest BCUT2D eigenvalue weighted by atomic mass is 10.1. The van der Waals surface area contributed by atoms with Gasteiger partial charge in [-0.2, -0.15) is 4.98 Å². The minimum absolute atomic E-state index is 0.0526. The summed E-state index contributed by atoms with van der Waals surface area (Å²) in [5.41, 5.74) is 1.45. The Hall–Kier alpha value is -3.06. The standard InChI is InChI=1S/C21H20ClN3O4/c1-3-9-25-17-10-14(7-8-18(17)27-12-19(25)26)20-23-21(29-24-20)13(2)28-16-6-4-5-15(22)11-16/h4-8,10-11,13H,3,9,12H2,1-2H3/t13-/m0/s1. The number of carbonyl (C=O) groups is 1. The Morgan fingerprint density at radius 1 is 1.28 bits per heavy atom. The van der Waals surface area contributed by atoms with Crippen molar-refractivity contribution < 1.29 is 18.8 Å². The highest BCUT2D eigenvalue weighted by Crippen LogP contribution is 2.36. The summed E-state index contributed by atoms with van der Waals surface area (Å²) in [6, 6.07) is 12.6.